The fourth-order valence-corrected chi connectivity index (χ4v) is 4.44. The van der Waals surface area contributed by atoms with Crippen LogP contribution in [0.25, 0.3) is 10.2 Å². The number of hydrogen-bond acceptors (Lipinski definition) is 9. The molecule has 30 heavy (non-hydrogen) atoms. The van der Waals surface area contributed by atoms with Crippen LogP contribution in [0.4, 0.5) is 10.9 Å². The molecule has 0 amide bonds. The Morgan fingerprint density at radius 2 is 2.07 bits per heavy atom. The van der Waals surface area contributed by atoms with Crippen LogP contribution >= 0.6 is 11.3 Å². The lowest BCUT2D eigenvalue weighted by Gasteiger charge is -2.27. The zero-order valence-electron chi connectivity index (χ0n) is 17.1. The lowest BCUT2D eigenvalue weighted by molar-refractivity contribution is 0.122. The second-order valence-corrected chi connectivity index (χ2v) is 9.06. The number of morpholine rings is 1. The van der Waals surface area contributed by atoms with Crippen LogP contribution in [0.15, 0.2) is 35.7 Å². The molecule has 0 aliphatic carbocycles. The van der Waals surface area contributed by atoms with E-state index in [0.717, 1.165) is 71.0 Å². The summed E-state index contributed by atoms with van der Waals surface area (Å²) in [6.07, 6.45) is 4.52. The van der Waals surface area contributed by atoms with Crippen LogP contribution in [-0.2, 0) is 4.74 Å². The molecule has 2 aliphatic heterocycles. The molecule has 156 valence electrons. The molecule has 0 atom stereocenters. The summed E-state index contributed by atoms with van der Waals surface area (Å²) in [6, 6.07) is 5.86. The maximum atomic E-state index is 5.88. The van der Waals surface area contributed by atoms with Gasteiger partial charge in [0.25, 0.3) is 0 Å². The number of hydrogen-bond donors (Lipinski definition) is 1. The van der Waals surface area contributed by atoms with E-state index < -0.39 is 0 Å². The number of nitrogens with zero attached hydrogens (tertiary/aromatic N) is 5. The van der Waals surface area contributed by atoms with E-state index in [1.165, 1.54) is 0 Å². The highest BCUT2D eigenvalue weighted by Gasteiger charge is 2.32. The Bertz CT molecular complexity index is 1090. The third-order valence-corrected chi connectivity index (χ3v) is 6.39. The molecule has 3 aromatic heterocycles. The molecular formula is C21H24N6O2S. The number of rotatable bonds is 3. The quantitative estimate of drug-likeness (QED) is 0.644. The Morgan fingerprint density at radius 1 is 1.20 bits per heavy atom. The molecule has 0 spiro atoms. The molecule has 9 heteroatoms. The van der Waals surface area contributed by atoms with Crippen LogP contribution < -0.4 is 15.1 Å². The average molecular weight is 425 g/mol. The van der Waals surface area contributed by atoms with Crippen molar-refractivity contribution in [2.75, 3.05) is 43.2 Å². The van der Waals surface area contributed by atoms with Crippen LogP contribution in [-0.4, -0.2) is 53.6 Å². The Balaban J connectivity index is 1.44. The predicted octanol–water partition coefficient (Wildman–Crippen LogP) is 3.55. The summed E-state index contributed by atoms with van der Waals surface area (Å²) in [4.78, 5) is 16.1. The maximum Gasteiger partial charge on any atom is 0.204 e. The first-order valence-corrected chi connectivity index (χ1v) is 10.9. The second kappa shape index (κ2) is 7.81. The molecule has 0 bridgehead atoms. The van der Waals surface area contributed by atoms with Gasteiger partial charge in [-0.3, -0.25) is 10.4 Å². The van der Waals surface area contributed by atoms with Crippen LogP contribution in [0.3, 0.4) is 0 Å². The van der Waals surface area contributed by atoms with Crippen molar-refractivity contribution in [1.29, 1.82) is 0 Å². The summed E-state index contributed by atoms with van der Waals surface area (Å²) in [7, 11) is 0. The van der Waals surface area contributed by atoms with E-state index in [-0.39, 0.29) is 5.41 Å². The maximum absolute atomic E-state index is 5.88. The molecule has 0 saturated carbocycles. The number of aromatic nitrogens is 3. The molecule has 0 aromatic carbocycles. The van der Waals surface area contributed by atoms with E-state index >= 15 is 0 Å². The summed E-state index contributed by atoms with van der Waals surface area (Å²) >= 11 is 1.54. The number of pyridine rings is 2. The molecule has 5 heterocycles. The van der Waals surface area contributed by atoms with Gasteiger partial charge >= 0.3 is 0 Å². The highest BCUT2D eigenvalue weighted by molar-refractivity contribution is 7.22. The van der Waals surface area contributed by atoms with Gasteiger partial charge in [0.2, 0.25) is 5.13 Å². The van der Waals surface area contributed by atoms with Gasteiger partial charge in [-0.25, -0.2) is 9.97 Å². The molecule has 0 unspecified atom stereocenters. The van der Waals surface area contributed by atoms with Crippen molar-refractivity contribution in [2.45, 2.75) is 20.3 Å². The highest BCUT2D eigenvalue weighted by Crippen LogP contribution is 2.34. The topological polar surface area (TPSA) is 84.8 Å². The average Bonchev–Trinajstić information content (AvgIpc) is 3.11. The summed E-state index contributed by atoms with van der Waals surface area (Å²) in [6.45, 7) is 8.14. The van der Waals surface area contributed by atoms with E-state index in [1.807, 2.05) is 24.4 Å². The Labute approximate surface area is 179 Å². The van der Waals surface area contributed by atoms with Crippen LogP contribution in [0, 0.1) is 5.41 Å². The van der Waals surface area contributed by atoms with Gasteiger partial charge in [-0.1, -0.05) is 25.2 Å². The minimum absolute atomic E-state index is 0.172. The Kier molecular flexibility index (Phi) is 5.00. The standard InChI is InChI=1S/C21H24N6O2S/c1-21(2)5-9-29-15-4-3-6-22-18(15)19(21)25-26-20-24-14-12-17(23-13-16(14)30-20)27-7-10-28-11-8-27/h3-4,6,12-13H,5,7-11H2,1-2H3,(H,24,26)/b25-19-. The normalized spacial score (nSPS) is 19.9. The number of anilines is 2. The van der Waals surface area contributed by atoms with Gasteiger partial charge in [0, 0.05) is 37.0 Å². The Hall–Kier alpha value is -2.78. The SMILES string of the molecule is CC1(C)CCOc2cccnc2/C1=N/Nc1nc2cc(N3CCOCC3)ncc2s1. The van der Waals surface area contributed by atoms with Crippen molar-refractivity contribution < 1.29 is 9.47 Å². The van der Waals surface area contributed by atoms with Gasteiger partial charge in [0.05, 0.1) is 35.7 Å². The number of hydrazone groups is 1. The lowest BCUT2D eigenvalue weighted by atomic mass is 9.83. The zero-order valence-corrected chi connectivity index (χ0v) is 17.9. The molecule has 1 N–H and O–H groups in total. The van der Waals surface area contributed by atoms with Crippen molar-refractivity contribution in [1.82, 2.24) is 15.0 Å². The number of fused-ring (bicyclic) bond motifs is 2. The van der Waals surface area contributed by atoms with Gasteiger partial charge in [0.15, 0.2) is 0 Å². The Morgan fingerprint density at radius 3 is 2.93 bits per heavy atom. The van der Waals surface area contributed by atoms with Gasteiger partial charge in [-0.05, 0) is 18.6 Å². The smallest absolute Gasteiger partial charge is 0.204 e. The zero-order chi connectivity index (χ0) is 20.6. The molecular weight excluding hydrogens is 400 g/mol. The lowest BCUT2D eigenvalue weighted by Crippen LogP contribution is -2.36. The van der Waals surface area contributed by atoms with Gasteiger partial charge in [0.1, 0.15) is 17.3 Å². The highest BCUT2D eigenvalue weighted by atomic mass is 32.1. The monoisotopic (exact) mass is 424 g/mol. The largest absolute Gasteiger partial charge is 0.491 e. The molecule has 5 rings (SSSR count). The van der Waals surface area contributed by atoms with E-state index in [9.17, 15) is 0 Å². The van der Waals surface area contributed by atoms with Crippen LogP contribution in [0.5, 0.6) is 5.75 Å². The molecule has 2 aliphatic rings. The number of thiazole rings is 1. The first kappa shape index (κ1) is 19.2. The fourth-order valence-electron chi connectivity index (χ4n) is 3.69. The summed E-state index contributed by atoms with van der Waals surface area (Å²) < 4.78 is 12.3. The minimum Gasteiger partial charge on any atom is -0.491 e. The third kappa shape index (κ3) is 3.70. The van der Waals surface area contributed by atoms with Crippen LogP contribution in [0.2, 0.25) is 0 Å². The van der Waals surface area contributed by atoms with Gasteiger partial charge in [-0.15, -0.1) is 0 Å². The van der Waals surface area contributed by atoms with E-state index in [0.29, 0.717) is 6.61 Å². The third-order valence-electron chi connectivity index (χ3n) is 5.48. The van der Waals surface area contributed by atoms with Crippen molar-refractivity contribution in [3.05, 3.63) is 36.3 Å². The van der Waals surface area contributed by atoms with E-state index in [1.54, 1.807) is 17.5 Å². The first-order chi connectivity index (χ1) is 14.6. The predicted molar refractivity (Wildman–Crippen MR) is 119 cm³/mol. The van der Waals surface area contributed by atoms with Crippen molar-refractivity contribution >= 4 is 38.2 Å². The second-order valence-electron chi connectivity index (χ2n) is 8.03. The summed E-state index contributed by atoms with van der Waals surface area (Å²) in [5.74, 6) is 1.71. The molecule has 0 radical (unpaired) electrons. The van der Waals surface area contributed by atoms with Gasteiger partial charge in [-0.2, -0.15) is 5.10 Å². The number of ether oxygens (including phenoxy) is 2. The molecule has 8 nitrogen and oxygen atoms in total. The fraction of sp³-hybridized carbons (Fsp3) is 0.429. The van der Waals surface area contributed by atoms with Crippen molar-refractivity contribution in [3.63, 3.8) is 0 Å². The van der Waals surface area contributed by atoms with E-state index in [2.05, 4.69) is 34.1 Å². The van der Waals surface area contributed by atoms with E-state index in [4.69, 9.17) is 19.6 Å². The minimum atomic E-state index is -0.172. The van der Waals surface area contributed by atoms with Gasteiger partial charge < -0.3 is 14.4 Å². The molecule has 1 saturated heterocycles. The van der Waals surface area contributed by atoms with Crippen LogP contribution in [0.1, 0.15) is 26.0 Å². The van der Waals surface area contributed by atoms with Crippen molar-refractivity contribution in [3.8, 4) is 5.75 Å². The molecule has 1 fully saturated rings. The molecule has 3 aromatic rings. The van der Waals surface area contributed by atoms with Crippen molar-refractivity contribution in [2.24, 2.45) is 10.5 Å². The summed E-state index contributed by atoms with van der Waals surface area (Å²) in [5, 5.41) is 5.47. The summed E-state index contributed by atoms with van der Waals surface area (Å²) in [5.41, 5.74) is 5.57. The first-order valence-electron chi connectivity index (χ1n) is 10.1. The number of nitrogens with one attached hydrogen (secondary N) is 1.